The first-order chi connectivity index (χ1) is 13.2. The Kier molecular flexibility index (Phi) is 3.89. The van der Waals surface area contributed by atoms with E-state index in [0.717, 1.165) is 64.8 Å². The summed E-state index contributed by atoms with van der Waals surface area (Å²) in [6, 6.07) is 10.2. The Morgan fingerprint density at radius 2 is 1.52 bits per heavy atom. The largest absolute Gasteiger partial charge is 0.352 e. The molecule has 0 bridgehead atoms. The van der Waals surface area contributed by atoms with Crippen molar-refractivity contribution in [2.45, 2.75) is 13.8 Å². The second kappa shape index (κ2) is 6.42. The zero-order valence-corrected chi connectivity index (χ0v) is 16.2. The standard InChI is InChI=1S/C20H20N6S/c1-13-11-15-19(21-12-22-20(15)27-13)26-9-7-25(8-10-26)18-14(2)23-16-5-3-4-6-17(16)24-18/h3-6,11-12H,7-10H2,1-2H3. The van der Waals surface area contributed by atoms with Gasteiger partial charge in [0.25, 0.3) is 0 Å². The van der Waals surface area contributed by atoms with Crippen LogP contribution >= 0.6 is 11.3 Å². The molecule has 1 aliphatic heterocycles. The van der Waals surface area contributed by atoms with E-state index >= 15 is 0 Å². The lowest BCUT2D eigenvalue weighted by atomic mass is 10.2. The van der Waals surface area contributed by atoms with Crippen LogP contribution in [0, 0.1) is 13.8 Å². The van der Waals surface area contributed by atoms with Gasteiger partial charge in [-0.2, -0.15) is 0 Å². The number of hydrogen-bond acceptors (Lipinski definition) is 7. The van der Waals surface area contributed by atoms with E-state index in [-0.39, 0.29) is 0 Å². The molecule has 5 rings (SSSR count). The van der Waals surface area contributed by atoms with Crippen LogP contribution in [0.4, 0.5) is 11.6 Å². The summed E-state index contributed by atoms with van der Waals surface area (Å²) >= 11 is 1.72. The molecule has 4 aromatic rings. The highest BCUT2D eigenvalue weighted by molar-refractivity contribution is 7.18. The number of nitrogens with zero attached hydrogens (tertiary/aromatic N) is 6. The Bertz CT molecular complexity index is 1130. The first-order valence-electron chi connectivity index (χ1n) is 9.13. The number of rotatable bonds is 2. The SMILES string of the molecule is Cc1cc2c(N3CCN(c4nc5ccccc5nc4C)CC3)ncnc2s1. The summed E-state index contributed by atoms with van der Waals surface area (Å²) in [4.78, 5) is 25.6. The Labute approximate surface area is 161 Å². The van der Waals surface area contributed by atoms with E-state index in [4.69, 9.17) is 9.97 Å². The van der Waals surface area contributed by atoms with Gasteiger partial charge in [0.05, 0.1) is 22.1 Å². The summed E-state index contributed by atoms with van der Waals surface area (Å²) < 4.78 is 0. The minimum absolute atomic E-state index is 0.905. The van der Waals surface area contributed by atoms with Crippen LogP contribution in [0.2, 0.25) is 0 Å². The second-order valence-corrected chi connectivity index (χ2v) is 8.10. The quantitative estimate of drug-likeness (QED) is 0.533. The fourth-order valence-electron chi connectivity index (χ4n) is 3.72. The Morgan fingerprint density at radius 1 is 0.852 bits per heavy atom. The molecule has 136 valence electrons. The lowest BCUT2D eigenvalue weighted by Crippen LogP contribution is -2.47. The lowest BCUT2D eigenvalue weighted by molar-refractivity contribution is 0.641. The molecule has 0 N–H and O–H groups in total. The zero-order chi connectivity index (χ0) is 18.4. The molecule has 4 heterocycles. The van der Waals surface area contributed by atoms with Crippen LogP contribution in [0.25, 0.3) is 21.3 Å². The maximum atomic E-state index is 4.87. The monoisotopic (exact) mass is 376 g/mol. The number of hydrogen-bond donors (Lipinski definition) is 0. The van der Waals surface area contributed by atoms with Crippen LogP contribution in [0.3, 0.4) is 0 Å². The van der Waals surface area contributed by atoms with Crippen LogP contribution in [0.5, 0.6) is 0 Å². The van der Waals surface area contributed by atoms with Crippen LogP contribution < -0.4 is 9.80 Å². The molecule has 0 unspecified atom stereocenters. The van der Waals surface area contributed by atoms with Crippen molar-refractivity contribution in [1.29, 1.82) is 0 Å². The van der Waals surface area contributed by atoms with E-state index in [1.54, 1.807) is 17.7 Å². The van der Waals surface area contributed by atoms with Crippen molar-refractivity contribution in [2.24, 2.45) is 0 Å². The van der Waals surface area contributed by atoms with E-state index in [9.17, 15) is 0 Å². The Balaban J connectivity index is 1.41. The molecule has 0 radical (unpaired) electrons. The molecule has 27 heavy (non-hydrogen) atoms. The average Bonchev–Trinajstić information content (AvgIpc) is 3.08. The predicted octanol–water partition coefficient (Wildman–Crippen LogP) is 3.58. The van der Waals surface area contributed by atoms with Gasteiger partial charge in [0.15, 0.2) is 5.82 Å². The predicted molar refractivity (Wildman–Crippen MR) is 111 cm³/mol. The molecule has 0 saturated carbocycles. The maximum absolute atomic E-state index is 4.87. The summed E-state index contributed by atoms with van der Waals surface area (Å²) in [6.45, 7) is 7.80. The van der Waals surface area contributed by atoms with Gasteiger partial charge >= 0.3 is 0 Å². The number of aromatic nitrogens is 4. The highest BCUT2D eigenvalue weighted by Gasteiger charge is 2.23. The van der Waals surface area contributed by atoms with Crippen molar-refractivity contribution in [3.8, 4) is 0 Å². The minimum Gasteiger partial charge on any atom is -0.352 e. The summed E-state index contributed by atoms with van der Waals surface area (Å²) in [7, 11) is 0. The van der Waals surface area contributed by atoms with Crippen LogP contribution in [-0.2, 0) is 0 Å². The number of anilines is 2. The Morgan fingerprint density at radius 3 is 2.26 bits per heavy atom. The van der Waals surface area contributed by atoms with Crippen molar-refractivity contribution in [2.75, 3.05) is 36.0 Å². The van der Waals surface area contributed by atoms with Crippen LogP contribution in [-0.4, -0.2) is 46.1 Å². The molecular formula is C20H20N6S. The molecular weight excluding hydrogens is 356 g/mol. The number of fused-ring (bicyclic) bond motifs is 2. The van der Waals surface area contributed by atoms with E-state index in [0.29, 0.717) is 0 Å². The summed E-state index contributed by atoms with van der Waals surface area (Å²) in [5.41, 5.74) is 2.89. The molecule has 0 amide bonds. The number of piperazine rings is 1. The molecule has 0 aliphatic carbocycles. The van der Waals surface area contributed by atoms with Crippen molar-refractivity contribution in [3.05, 3.63) is 47.2 Å². The highest BCUT2D eigenvalue weighted by Crippen LogP contribution is 2.31. The third-order valence-electron chi connectivity index (χ3n) is 5.03. The summed E-state index contributed by atoms with van der Waals surface area (Å²) in [5.74, 6) is 2.04. The van der Waals surface area contributed by atoms with Gasteiger partial charge in [-0.3, -0.25) is 0 Å². The molecule has 6 nitrogen and oxygen atoms in total. The van der Waals surface area contributed by atoms with Crippen molar-refractivity contribution >= 4 is 44.2 Å². The fraction of sp³-hybridized carbons (Fsp3) is 0.300. The molecule has 1 fully saturated rings. The van der Waals surface area contributed by atoms with E-state index in [2.05, 4.69) is 32.8 Å². The molecule has 0 spiro atoms. The smallest absolute Gasteiger partial charge is 0.150 e. The first-order valence-corrected chi connectivity index (χ1v) is 9.95. The molecule has 7 heteroatoms. The highest BCUT2D eigenvalue weighted by atomic mass is 32.1. The van der Waals surface area contributed by atoms with Gasteiger partial charge in [-0.1, -0.05) is 12.1 Å². The van der Waals surface area contributed by atoms with Gasteiger partial charge in [0.2, 0.25) is 0 Å². The van der Waals surface area contributed by atoms with E-state index in [1.807, 2.05) is 31.2 Å². The van der Waals surface area contributed by atoms with Crippen molar-refractivity contribution in [1.82, 2.24) is 19.9 Å². The summed E-state index contributed by atoms with van der Waals surface area (Å²) in [6.07, 6.45) is 1.68. The van der Waals surface area contributed by atoms with Crippen molar-refractivity contribution < 1.29 is 0 Å². The molecule has 1 saturated heterocycles. The summed E-state index contributed by atoms with van der Waals surface area (Å²) in [5, 5.41) is 1.16. The lowest BCUT2D eigenvalue weighted by Gasteiger charge is -2.36. The first kappa shape index (κ1) is 16.4. The van der Waals surface area contributed by atoms with Gasteiger partial charge in [-0.05, 0) is 32.0 Å². The van der Waals surface area contributed by atoms with Crippen LogP contribution in [0.1, 0.15) is 10.6 Å². The van der Waals surface area contributed by atoms with E-state index in [1.165, 1.54) is 4.88 Å². The van der Waals surface area contributed by atoms with Gasteiger partial charge in [0.1, 0.15) is 17.0 Å². The molecule has 1 aliphatic rings. The van der Waals surface area contributed by atoms with Gasteiger partial charge < -0.3 is 9.80 Å². The molecule has 1 aromatic carbocycles. The molecule has 0 atom stereocenters. The normalized spacial score (nSPS) is 15.0. The molecule has 3 aromatic heterocycles. The van der Waals surface area contributed by atoms with Gasteiger partial charge in [0, 0.05) is 31.1 Å². The average molecular weight is 376 g/mol. The van der Waals surface area contributed by atoms with Gasteiger partial charge in [-0.15, -0.1) is 11.3 Å². The van der Waals surface area contributed by atoms with Crippen LogP contribution in [0.15, 0.2) is 36.7 Å². The fourth-order valence-corrected chi connectivity index (χ4v) is 4.57. The second-order valence-electron chi connectivity index (χ2n) is 6.87. The Hall–Kier alpha value is -2.80. The van der Waals surface area contributed by atoms with E-state index < -0.39 is 0 Å². The van der Waals surface area contributed by atoms with Gasteiger partial charge in [-0.25, -0.2) is 19.9 Å². The van der Waals surface area contributed by atoms with Crippen molar-refractivity contribution in [3.63, 3.8) is 0 Å². The number of para-hydroxylation sites is 2. The number of benzene rings is 1. The number of aryl methyl sites for hydroxylation is 2. The third-order valence-corrected chi connectivity index (χ3v) is 5.99. The number of thiophene rings is 1. The maximum Gasteiger partial charge on any atom is 0.150 e. The third kappa shape index (κ3) is 2.88. The zero-order valence-electron chi connectivity index (χ0n) is 15.4. The topological polar surface area (TPSA) is 58.0 Å². The minimum atomic E-state index is 0.905.